The first kappa shape index (κ1) is 13.1. The van der Waals surface area contributed by atoms with Gasteiger partial charge in [-0.05, 0) is 6.42 Å². The fourth-order valence-electron chi connectivity index (χ4n) is 1.15. The first-order chi connectivity index (χ1) is 6.57. The molecule has 0 aromatic rings. The van der Waals surface area contributed by atoms with Gasteiger partial charge in [-0.15, -0.1) is 0 Å². The van der Waals surface area contributed by atoms with Crippen LogP contribution in [0.2, 0.25) is 0 Å². The number of hydrogen-bond donors (Lipinski definition) is 2. The molecule has 0 aliphatic rings. The van der Waals surface area contributed by atoms with Crippen LogP contribution in [0.3, 0.4) is 0 Å². The van der Waals surface area contributed by atoms with E-state index in [-0.39, 0.29) is 12.2 Å². The van der Waals surface area contributed by atoms with Gasteiger partial charge in [-0.3, -0.25) is 4.79 Å². The summed E-state index contributed by atoms with van der Waals surface area (Å²) < 4.78 is 0. The number of hydrogen-bond acceptors (Lipinski definition) is 3. The zero-order valence-electron chi connectivity index (χ0n) is 8.53. The molecule has 0 spiro atoms. The van der Waals surface area contributed by atoms with E-state index in [1.54, 1.807) is 0 Å². The summed E-state index contributed by atoms with van der Waals surface area (Å²) in [4.78, 5) is 21.3. The van der Waals surface area contributed by atoms with Gasteiger partial charge in [-0.1, -0.05) is 26.2 Å². The molecule has 4 nitrogen and oxygen atoms in total. The summed E-state index contributed by atoms with van der Waals surface area (Å²) in [7, 11) is 0. The van der Waals surface area contributed by atoms with E-state index in [2.05, 4.69) is 6.92 Å². The molecule has 0 aromatic carbocycles. The maximum Gasteiger partial charge on any atom is 0.332 e. The van der Waals surface area contributed by atoms with Gasteiger partial charge in [0.1, 0.15) is 5.78 Å². The van der Waals surface area contributed by atoms with Crippen LogP contribution in [0.15, 0.2) is 0 Å². The monoisotopic (exact) mass is 202 g/mol. The normalized spacial score (nSPS) is 12.4. The fourth-order valence-corrected chi connectivity index (χ4v) is 1.15. The van der Waals surface area contributed by atoms with Crippen LogP contribution in [0.25, 0.3) is 0 Å². The van der Waals surface area contributed by atoms with Gasteiger partial charge in [0.15, 0.2) is 6.10 Å². The number of aliphatic hydroxyl groups excluding tert-OH is 1. The highest BCUT2D eigenvalue weighted by Crippen LogP contribution is 2.05. The maximum absolute atomic E-state index is 11.1. The van der Waals surface area contributed by atoms with Crippen LogP contribution in [-0.2, 0) is 9.59 Å². The molecule has 0 aliphatic carbocycles. The Morgan fingerprint density at radius 1 is 1.21 bits per heavy atom. The molecule has 0 aliphatic heterocycles. The van der Waals surface area contributed by atoms with E-state index in [4.69, 9.17) is 10.2 Å². The number of unbranched alkanes of at least 4 members (excludes halogenated alkanes) is 3. The number of aliphatic hydroxyl groups is 1. The van der Waals surface area contributed by atoms with Gasteiger partial charge >= 0.3 is 5.97 Å². The second-order valence-electron chi connectivity index (χ2n) is 3.41. The molecule has 4 heteroatoms. The van der Waals surface area contributed by atoms with Crippen molar-refractivity contribution in [2.45, 2.75) is 51.6 Å². The zero-order chi connectivity index (χ0) is 11.0. The summed E-state index contributed by atoms with van der Waals surface area (Å²) >= 11 is 0. The minimum Gasteiger partial charge on any atom is -0.479 e. The second-order valence-corrected chi connectivity index (χ2v) is 3.41. The third-order valence-electron chi connectivity index (χ3n) is 2.02. The quantitative estimate of drug-likeness (QED) is 0.583. The lowest BCUT2D eigenvalue weighted by Gasteiger charge is -2.03. The van der Waals surface area contributed by atoms with Gasteiger partial charge in [-0.25, -0.2) is 4.79 Å². The average molecular weight is 202 g/mol. The van der Waals surface area contributed by atoms with Crippen LogP contribution < -0.4 is 0 Å². The van der Waals surface area contributed by atoms with Gasteiger partial charge in [0, 0.05) is 12.8 Å². The van der Waals surface area contributed by atoms with Crippen molar-refractivity contribution in [1.82, 2.24) is 0 Å². The lowest BCUT2D eigenvalue weighted by Crippen LogP contribution is -2.22. The lowest BCUT2D eigenvalue weighted by molar-refractivity contribution is -0.148. The van der Waals surface area contributed by atoms with Gasteiger partial charge < -0.3 is 10.2 Å². The third-order valence-corrected chi connectivity index (χ3v) is 2.02. The van der Waals surface area contributed by atoms with Crippen molar-refractivity contribution in [3.8, 4) is 0 Å². The van der Waals surface area contributed by atoms with E-state index in [9.17, 15) is 9.59 Å². The van der Waals surface area contributed by atoms with Crippen molar-refractivity contribution < 1.29 is 19.8 Å². The molecule has 0 saturated carbocycles. The van der Waals surface area contributed by atoms with Crippen molar-refractivity contribution in [2.75, 3.05) is 0 Å². The Hall–Kier alpha value is -0.900. The van der Waals surface area contributed by atoms with Gasteiger partial charge in [-0.2, -0.15) is 0 Å². The molecule has 0 heterocycles. The second kappa shape index (κ2) is 7.50. The number of carboxylic acid groups (broad SMARTS) is 1. The van der Waals surface area contributed by atoms with Gasteiger partial charge in [0.05, 0.1) is 0 Å². The van der Waals surface area contributed by atoms with Crippen molar-refractivity contribution in [2.24, 2.45) is 0 Å². The fraction of sp³-hybridized carbons (Fsp3) is 0.800. The molecule has 0 aromatic heterocycles. The SMILES string of the molecule is CCCCCCC(=O)CC(O)C(=O)O. The highest BCUT2D eigenvalue weighted by molar-refractivity contribution is 5.84. The van der Waals surface area contributed by atoms with Crippen molar-refractivity contribution in [1.29, 1.82) is 0 Å². The van der Waals surface area contributed by atoms with E-state index < -0.39 is 12.1 Å². The first-order valence-corrected chi connectivity index (χ1v) is 5.00. The first-order valence-electron chi connectivity index (χ1n) is 5.00. The molecule has 1 atom stereocenters. The number of carbonyl (C=O) groups excluding carboxylic acids is 1. The summed E-state index contributed by atoms with van der Waals surface area (Å²) in [5, 5.41) is 17.2. The van der Waals surface area contributed by atoms with Crippen LogP contribution >= 0.6 is 0 Å². The van der Waals surface area contributed by atoms with Crippen LogP contribution in [-0.4, -0.2) is 28.1 Å². The molecule has 0 amide bonds. The predicted molar refractivity (Wildman–Crippen MR) is 52.0 cm³/mol. The summed E-state index contributed by atoms with van der Waals surface area (Å²) in [6.45, 7) is 2.08. The lowest BCUT2D eigenvalue weighted by atomic mass is 10.1. The molecule has 82 valence electrons. The zero-order valence-corrected chi connectivity index (χ0v) is 8.53. The van der Waals surface area contributed by atoms with Crippen molar-refractivity contribution in [3.63, 3.8) is 0 Å². The van der Waals surface area contributed by atoms with Gasteiger partial charge in [0.25, 0.3) is 0 Å². The molecule has 0 saturated heterocycles. The van der Waals surface area contributed by atoms with E-state index in [1.165, 1.54) is 0 Å². The Morgan fingerprint density at radius 3 is 2.36 bits per heavy atom. The maximum atomic E-state index is 11.1. The molecule has 2 N–H and O–H groups in total. The highest BCUT2D eigenvalue weighted by atomic mass is 16.4. The molecule has 0 rings (SSSR count). The minimum atomic E-state index is -1.53. The largest absolute Gasteiger partial charge is 0.479 e. The van der Waals surface area contributed by atoms with Crippen LogP contribution in [0.4, 0.5) is 0 Å². The topological polar surface area (TPSA) is 74.6 Å². The van der Waals surface area contributed by atoms with E-state index in [0.29, 0.717) is 6.42 Å². The van der Waals surface area contributed by atoms with Crippen molar-refractivity contribution in [3.05, 3.63) is 0 Å². The molecular formula is C10H18O4. The molecule has 0 fully saturated rings. The summed E-state index contributed by atoms with van der Waals surface area (Å²) in [5.41, 5.74) is 0. The number of ketones is 1. The number of Topliss-reactive ketones (excluding diaryl/α,β-unsaturated/α-hetero) is 1. The third kappa shape index (κ3) is 6.60. The Balaban J connectivity index is 3.50. The number of carboxylic acids is 1. The molecule has 1 unspecified atom stereocenters. The van der Waals surface area contributed by atoms with Crippen LogP contribution in [0.5, 0.6) is 0 Å². The number of rotatable bonds is 8. The van der Waals surface area contributed by atoms with Crippen LogP contribution in [0.1, 0.15) is 45.4 Å². The molecular weight excluding hydrogens is 184 g/mol. The molecule has 0 radical (unpaired) electrons. The Bertz CT molecular complexity index is 189. The standard InChI is InChI=1S/C10H18O4/c1-2-3-4-5-6-8(11)7-9(12)10(13)14/h9,12H,2-7H2,1H3,(H,13,14). The number of aliphatic carboxylic acids is 1. The summed E-state index contributed by atoms with van der Waals surface area (Å²) in [6, 6.07) is 0. The van der Waals surface area contributed by atoms with Crippen molar-refractivity contribution >= 4 is 11.8 Å². The molecule has 14 heavy (non-hydrogen) atoms. The van der Waals surface area contributed by atoms with E-state index >= 15 is 0 Å². The Labute approximate surface area is 83.9 Å². The van der Waals surface area contributed by atoms with E-state index in [0.717, 1.165) is 25.7 Å². The van der Waals surface area contributed by atoms with Gasteiger partial charge in [0.2, 0.25) is 0 Å². The Kier molecular flexibility index (Phi) is 7.02. The smallest absolute Gasteiger partial charge is 0.332 e. The van der Waals surface area contributed by atoms with E-state index in [1.807, 2.05) is 0 Å². The summed E-state index contributed by atoms with van der Waals surface area (Å²) in [6.07, 6.45) is 2.56. The molecule has 0 bridgehead atoms. The predicted octanol–water partition coefficient (Wildman–Crippen LogP) is 1.36. The number of carbonyl (C=O) groups is 2. The minimum absolute atomic E-state index is 0.170. The highest BCUT2D eigenvalue weighted by Gasteiger charge is 2.16. The van der Waals surface area contributed by atoms with Crippen LogP contribution in [0, 0.1) is 0 Å². The average Bonchev–Trinajstić information content (AvgIpc) is 2.12. The summed E-state index contributed by atoms with van der Waals surface area (Å²) in [5.74, 6) is -1.50. The Morgan fingerprint density at radius 2 is 1.86 bits per heavy atom.